The molecule has 0 aliphatic heterocycles. The number of amides is 2. The first-order valence-corrected chi connectivity index (χ1v) is 5.90. The number of carbonyl (C=O) groups excluding carboxylic acids is 2. The molecule has 104 valence electrons. The van der Waals surface area contributed by atoms with Gasteiger partial charge in [-0.15, -0.1) is 0 Å². The topological polar surface area (TPSA) is 71.3 Å². The Morgan fingerprint density at radius 1 is 1.10 bits per heavy atom. The second-order valence-electron chi connectivity index (χ2n) is 4.26. The molecular weight excluding hydrogens is 263 g/mol. The van der Waals surface area contributed by atoms with E-state index in [0.717, 1.165) is 6.07 Å². The molecule has 20 heavy (non-hydrogen) atoms. The van der Waals surface area contributed by atoms with Gasteiger partial charge in [0, 0.05) is 5.56 Å². The molecule has 0 bridgehead atoms. The van der Waals surface area contributed by atoms with Crippen molar-refractivity contribution in [2.75, 3.05) is 0 Å². The maximum Gasteiger partial charge on any atom is 0.273 e. The molecule has 0 atom stereocenters. The number of halogens is 1. The zero-order valence-electron chi connectivity index (χ0n) is 11.0. The van der Waals surface area contributed by atoms with Crippen molar-refractivity contribution in [1.29, 1.82) is 0 Å². The van der Waals surface area contributed by atoms with Crippen molar-refractivity contribution in [2.24, 2.45) is 0 Å². The summed E-state index contributed by atoms with van der Waals surface area (Å²) in [7, 11) is 0. The Kier molecular flexibility index (Phi) is 3.84. The van der Waals surface area contributed by atoms with Crippen molar-refractivity contribution in [3.8, 4) is 0 Å². The molecule has 2 N–H and O–H groups in total. The number of hydrazine groups is 1. The molecule has 1 aromatic heterocycles. The van der Waals surface area contributed by atoms with Gasteiger partial charge in [0.05, 0.1) is 11.8 Å². The average molecular weight is 276 g/mol. The van der Waals surface area contributed by atoms with E-state index in [-0.39, 0.29) is 5.56 Å². The van der Waals surface area contributed by atoms with Crippen molar-refractivity contribution in [2.45, 2.75) is 13.8 Å². The minimum Gasteiger partial charge on any atom is -0.469 e. The van der Waals surface area contributed by atoms with Crippen LogP contribution in [0.5, 0.6) is 0 Å². The molecule has 1 heterocycles. The van der Waals surface area contributed by atoms with Crippen LogP contribution in [0, 0.1) is 19.7 Å². The lowest BCUT2D eigenvalue weighted by molar-refractivity contribution is 0.0845. The second kappa shape index (κ2) is 5.56. The smallest absolute Gasteiger partial charge is 0.273 e. The summed E-state index contributed by atoms with van der Waals surface area (Å²) in [6, 6.07) is 5.57. The third kappa shape index (κ3) is 2.85. The number of furan rings is 1. The Hall–Kier alpha value is -2.63. The van der Waals surface area contributed by atoms with Gasteiger partial charge >= 0.3 is 0 Å². The summed E-state index contributed by atoms with van der Waals surface area (Å²) >= 11 is 0. The largest absolute Gasteiger partial charge is 0.469 e. The van der Waals surface area contributed by atoms with Crippen LogP contribution in [0.25, 0.3) is 0 Å². The summed E-state index contributed by atoms with van der Waals surface area (Å²) in [6.07, 6.45) is 1.38. The van der Waals surface area contributed by atoms with Crippen LogP contribution in [-0.2, 0) is 0 Å². The zero-order chi connectivity index (χ0) is 14.7. The standard InChI is InChI=1S/C14H13FN2O3/c1-8-3-4-10(7-12(8)15)13(18)16-17-14(19)11-5-6-20-9(11)2/h3-7H,1-2H3,(H,16,18)(H,17,19). The third-order valence-corrected chi connectivity index (χ3v) is 2.83. The Labute approximate surface area is 114 Å². The molecule has 6 heteroatoms. The van der Waals surface area contributed by atoms with E-state index in [1.54, 1.807) is 13.8 Å². The number of rotatable bonds is 2. The van der Waals surface area contributed by atoms with Crippen LogP contribution in [0.4, 0.5) is 4.39 Å². The van der Waals surface area contributed by atoms with Crippen molar-refractivity contribution in [3.63, 3.8) is 0 Å². The van der Waals surface area contributed by atoms with E-state index < -0.39 is 17.6 Å². The van der Waals surface area contributed by atoms with Crippen molar-refractivity contribution in [3.05, 3.63) is 58.8 Å². The van der Waals surface area contributed by atoms with Gasteiger partial charge in [0.25, 0.3) is 11.8 Å². The highest BCUT2D eigenvalue weighted by atomic mass is 19.1. The minimum atomic E-state index is -0.599. The fourth-order valence-corrected chi connectivity index (χ4v) is 1.61. The summed E-state index contributed by atoms with van der Waals surface area (Å²) in [6.45, 7) is 3.23. The first-order valence-electron chi connectivity index (χ1n) is 5.90. The fraction of sp³-hybridized carbons (Fsp3) is 0.143. The number of benzene rings is 1. The van der Waals surface area contributed by atoms with Crippen LogP contribution in [-0.4, -0.2) is 11.8 Å². The van der Waals surface area contributed by atoms with E-state index in [1.807, 2.05) is 0 Å². The maximum absolute atomic E-state index is 13.3. The Morgan fingerprint density at radius 2 is 1.80 bits per heavy atom. The predicted octanol–water partition coefficient (Wildman–Crippen LogP) is 2.11. The van der Waals surface area contributed by atoms with Gasteiger partial charge in [-0.25, -0.2) is 4.39 Å². The molecule has 0 saturated carbocycles. The molecular formula is C14H13FN2O3. The number of nitrogens with one attached hydrogen (secondary N) is 2. The molecule has 2 rings (SSSR count). The summed E-state index contributed by atoms with van der Waals surface area (Å²) in [5.74, 6) is -1.14. The first-order chi connectivity index (χ1) is 9.49. The van der Waals surface area contributed by atoms with Crippen LogP contribution in [0.15, 0.2) is 34.9 Å². The van der Waals surface area contributed by atoms with E-state index >= 15 is 0 Å². The molecule has 2 aromatic rings. The summed E-state index contributed by atoms with van der Waals surface area (Å²) < 4.78 is 18.3. The minimum absolute atomic E-state index is 0.123. The normalized spacial score (nSPS) is 10.2. The van der Waals surface area contributed by atoms with Gasteiger partial charge in [0.2, 0.25) is 0 Å². The Bertz CT molecular complexity index is 664. The number of hydrogen-bond acceptors (Lipinski definition) is 3. The maximum atomic E-state index is 13.3. The number of aryl methyl sites for hydroxylation is 2. The molecule has 0 spiro atoms. The van der Waals surface area contributed by atoms with Crippen LogP contribution < -0.4 is 10.9 Å². The Morgan fingerprint density at radius 3 is 2.40 bits per heavy atom. The second-order valence-corrected chi connectivity index (χ2v) is 4.26. The number of carbonyl (C=O) groups is 2. The fourth-order valence-electron chi connectivity index (χ4n) is 1.61. The lowest BCUT2D eigenvalue weighted by Crippen LogP contribution is -2.41. The molecule has 0 radical (unpaired) electrons. The lowest BCUT2D eigenvalue weighted by Gasteiger charge is -2.07. The SMILES string of the molecule is Cc1ccc(C(=O)NNC(=O)c2ccoc2C)cc1F. The van der Waals surface area contributed by atoms with E-state index in [4.69, 9.17) is 4.42 Å². The number of hydrogen-bond donors (Lipinski definition) is 2. The molecule has 0 aliphatic carbocycles. The third-order valence-electron chi connectivity index (χ3n) is 2.83. The molecule has 0 aliphatic rings. The average Bonchev–Trinajstić information content (AvgIpc) is 2.85. The van der Waals surface area contributed by atoms with Crippen LogP contribution in [0.1, 0.15) is 32.0 Å². The van der Waals surface area contributed by atoms with E-state index in [1.165, 1.54) is 24.5 Å². The molecule has 0 saturated heterocycles. The highest BCUT2D eigenvalue weighted by Crippen LogP contribution is 2.09. The predicted molar refractivity (Wildman–Crippen MR) is 69.5 cm³/mol. The van der Waals surface area contributed by atoms with Crippen molar-refractivity contribution in [1.82, 2.24) is 10.9 Å². The first kappa shape index (κ1) is 13.8. The molecule has 0 unspecified atom stereocenters. The van der Waals surface area contributed by atoms with Gasteiger partial charge in [0.1, 0.15) is 11.6 Å². The molecule has 0 fully saturated rings. The summed E-state index contributed by atoms with van der Waals surface area (Å²) in [4.78, 5) is 23.5. The zero-order valence-corrected chi connectivity index (χ0v) is 11.0. The monoisotopic (exact) mass is 276 g/mol. The Balaban J connectivity index is 2.00. The summed E-state index contributed by atoms with van der Waals surface area (Å²) in [5.41, 5.74) is 5.34. The van der Waals surface area contributed by atoms with Gasteiger partial charge < -0.3 is 4.42 Å². The van der Waals surface area contributed by atoms with E-state index in [9.17, 15) is 14.0 Å². The molecule has 2 amide bonds. The van der Waals surface area contributed by atoms with Gasteiger partial charge in [-0.3, -0.25) is 20.4 Å². The summed E-state index contributed by atoms with van der Waals surface area (Å²) in [5, 5.41) is 0. The van der Waals surface area contributed by atoms with Gasteiger partial charge in [-0.05, 0) is 37.6 Å². The quantitative estimate of drug-likeness (QED) is 0.825. The highest BCUT2D eigenvalue weighted by molar-refractivity contribution is 5.99. The van der Waals surface area contributed by atoms with E-state index in [0.29, 0.717) is 16.9 Å². The van der Waals surface area contributed by atoms with Crippen LogP contribution in [0.2, 0.25) is 0 Å². The molecule has 1 aromatic carbocycles. The van der Waals surface area contributed by atoms with Gasteiger partial charge in [-0.1, -0.05) is 6.07 Å². The van der Waals surface area contributed by atoms with Crippen LogP contribution in [0.3, 0.4) is 0 Å². The highest BCUT2D eigenvalue weighted by Gasteiger charge is 2.13. The van der Waals surface area contributed by atoms with Gasteiger partial charge in [-0.2, -0.15) is 0 Å². The molecule has 5 nitrogen and oxygen atoms in total. The van der Waals surface area contributed by atoms with Crippen molar-refractivity contribution < 1.29 is 18.4 Å². The van der Waals surface area contributed by atoms with Crippen molar-refractivity contribution >= 4 is 11.8 Å². The van der Waals surface area contributed by atoms with Crippen LogP contribution >= 0.6 is 0 Å². The lowest BCUT2D eigenvalue weighted by atomic mass is 10.1. The van der Waals surface area contributed by atoms with Gasteiger partial charge in [0.15, 0.2) is 0 Å². The van der Waals surface area contributed by atoms with E-state index in [2.05, 4.69) is 10.9 Å².